The first-order valence-corrected chi connectivity index (χ1v) is 11.8. The first-order chi connectivity index (χ1) is 14.5. The Morgan fingerprint density at radius 2 is 2.03 bits per heavy atom. The molecule has 3 N–H and O–H groups in total. The van der Waals surface area contributed by atoms with Gasteiger partial charge in [0.2, 0.25) is 0 Å². The van der Waals surface area contributed by atoms with Gasteiger partial charge >= 0.3 is 5.97 Å². The summed E-state index contributed by atoms with van der Waals surface area (Å²) >= 11 is 1.60. The summed E-state index contributed by atoms with van der Waals surface area (Å²) in [5.41, 5.74) is 1.87. The highest BCUT2D eigenvalue weighted by Gasteiger charge is 2.43. The van der Waals surface area contributed by atoms with E-state index >= 15 is 0 Å². The van der Waals surface area contributed by atoms with Crippen LogP contribution in [0.4, 0.5) is 0 Å². The number of thioether (sulfide) groups is 1. The zero-order chi connectivity index (χ0) is 21.9. The number of nitriles is 1. The van der Waals surface area contributed by atoms with Crippen molar-refractivity contribution < 1.29 is 24.9 Å². The molecule has 0 saturated heterocycles. The maximum atomic E-state index is 10.6. The maximum Gasteiger partial charge on any atom is 0.305 e. The second-order valence-corrected chi connectivity index (χ2v) is 9.12. The van der Waals surface area contributed by atoms with Gasteiger partial charge in [0, 0.05) is 16.9 Å². The van der Waals surface area contributed by atoms with Crippen LogP contribution in [0.15, 0.2) is 24.3 Å². The molecule has 1 aliphatic carbocycles. The molecule has 1 saturated carbocycles. The fraction of sp³-hybridized carbons (Fsp3) is 0.652. The summed E-state index contributed by atoms with van der Waals surface area (Å²) in [4.78, 5) is 10.5. The number of aliphatic hydroxyl groups excluding tert-OH is 2. The van der Waals surface area contributed by atoms with Crippen molar-refractivity contribution in [1.82, 2.24) is 0 Å². The van der Waals surface area contributed by atoms with E-state index in [0.29, 0.717) is 18.8 Å². The molecule has 3 unspecified atom stereocenters. The minimum atomic E-state index is -0.884. The summed E-state index contributed by atoms with van der Waals surface area (Å²) in [5.74, 6) is -0.636. The SMILES string of the molecule is CCCCCC(O)c1ccc(C2C(SCCOCCC(=O)O)[C@H](C#N)C[C@H]2O)cc1. The fourth-order valence-corrected chi connectivity index (χ4v) is 5.40. The molecule has 0 aromatic heterocycles. The molecule has 0 amide bonds. The molecule has 5 atom stereocenters. The van der Waals surface area contributed by atoms with Gasteiger partial charge in [0.1, 0.15) is 0 Å². The van der Waals surface area contributed by atoms with E-state index in [4.69, 9.17) is 9.84 Å². The van der Waals surface area contributed by atoms with E-state index in [1.165, 1.54) is 0 Å². The Bertz CT molecular complexity index is 690. The lowest BCUT2D eigenvalue weighted by Crippen LogP contribution is -2.21. The number of unbranched alkanes of at least 4 members (excludes halogenated alkanes) is 2. The lowest BCUT2D eigenvalue weighted by molar-refractivity contribution is -0.138. The van der Waals surface area contributed by atoms with Gasteiger partial charge in [-0.3, -0.25) is 4.79 Å². The molecule has 2 rings (SSSR count). The Hall–Kier alpha value is -1.59. The molecule has 0 spiro atoms. The van der Waals surface area contributed by atoms with Gasteiger partial charge in [0.15, 0.2) is 0 Å². The van der Waals surface area contributed by atoms with Crippen molar-refractivity contribution in [3.8, 4) is 6.07 Å². The minimum absolute atomic E-state index is 0.0209. The Morgan fingerprint density at radius 3 is 2.67 bits per heavy atom. The zero-order valence-corrected chi connectivity index (χ0v) is 18.4. The van der Waals surface area contributed by atoms with E-state index in [9.17, 15) is 20.3 Å². The van der Waals surface area contributed by atoms with Crippen LogP contribution in [-0.2, 0) is 9.53 Å². The maximum absolute atomic E-state index is 10.6. The fourth-order valence-electron chi connectivity index (χ4n) is 3.97. The molecule has 30 heavy (non-hydrogen) atoms. The number of benzene rings is 1. The molecule has 1 aromatic carbocycles. The van der Waals surface area contributed by atoms with E-state index < -0.39 is 18.2 Å². The van der Waals surface area contributed by atoms with Crippen LogP contribution < -0.4 is 0 Å². The number of aliphatic carboxylic acids is 1. The molecule has 7 heteroatoms. The highest BCUT2D eigenvalue weighted by molar-refractivity contribution is 8.00. The van der Waals surface area contributed by atoms with Crippen LogP contribution in [0.25, 0.3) is 0 Å². The van der Waals surface area contributed by atoms with Crippen molar-refractivity contribution in [2.24, 2.45) is 5.92 Å². The Kier molecular flexibility index (Phi) is 10.7. The van der Waals surface area contributed by atoms with Gasteiger partial charge in [-0.2, -0.15) is 17.0 Å². The van der Waals surface area contributed by atoms with Crippen molar-refractivity contribution in [2.75, 3.05) is 19.0 Å². The first-order valence-electron chi connectivity index (χ1n) is 10.7. The topological polar surface area (TPSA) is 111 Å². The van der Waals surface area contributed by atoms with Gasteiger partial charge in [-0.1, -0.05) is 50.5 Å². The van der Waals surface area contributed by atoms with E-state index in [1.807, 2.05) is 24.3 Å². The predicted molar refractivity (Wildman–Crippen MR) is 117 cm³/mol. The Morgan fingerprint density at radius 1 is 1.30 bits per heavy atom. The largest absolute Gasteiger partial charge is 0.481 e. The molecule has 1 fully saturated rings. The average molecular weight is 436 g/mol. The van der Waals surface area contributed by atoms with Crippen LogP contribution >= 0.6 is 11.8 Å². The summed E-state index contributed by atoms with van der Waals surface area (Å²) in [7, 11) is 0. The van der Waals surface area contributed by atoms with Gasteiger partial charge in [-0.05, 0) is 24.0 Å². The average Bonchev–Trinajstić information content (AvgIpc) is 3.05. The van der Waals surface area contributed by atoms with Gasteiger partial charge < -0.3 is 20.1 Å². The third kappa shape index (κ3) is 7.28. The number of hydrogen-bond donors (Lipinski definition) is 3. The zero-order valence-electron chi connectivity index (χ0n) is 17.6. The molecule has 1 aliphatic rings. The van der Waals surface area contributed by atoms with Crippen molar-refractivity contribution in [3.63, 3.8) is 0 Å². The standard InChI is InChI=1S/C23H33NO5S/c1-2-3-4-5-19(25)16-6-8-17(9-7-16)22-20(26)14-18(15-24)23(22)30-13-12-29-11-10-21(27)28/h6-9,18-20,22-23,25-26H,2-5,10-14H2,1H3,(H,27,28)/t18-,19?,20+,22?,23?/m0/s1. The van der Waals surface area contributed by atoms with E-state index in [1.54, 1.807) is 11.8 Å². The van der Waals surface area contributed by atoms with Crippen LogP contribution in [0, 0.1) is 17.2 Å². The first kappa shape index (κ1) is 24.7. The lowest BCUT2D eigenvalue weighted by Gasteiger charge is -2.24. The Balaban J connectivity index is 1.96. The third-order valence-electron chi connectivity index (χ3n) is 5.61. The minimum Gasteiger partial charge on any atom is -0.481 e. The second-order valence-electron chi connectivity index (χ2n) is 7.83. The quantitative estimate of drug-likeness (QED) is 0.403. The second kappa shape index (κ2) is 13.0. The normalized spacial score (nSPS) is 24.5. The summed E-state index contributed by atoms with van der Waals surface area (Å²) in [6.45, 7) is 2.73. The number of carboxylic acids is 1. The van der Waals surface area contributed by atoms with E-state index in [2.05, 4.69) is 13.0 Å². The smallest absolute Gasteiger partial charge is 0.305 e. The summed E-state index contributed by atoms with van der Waals surface area (Å²) in [5, 5.41) is 39.1. The monoisotopic (exact) mass is 435 g/mol. The van der Waals surface area contributed by atoms with Crippen LogP contribution in [0.3, 0.4) is 0 Å². The number of carbonyl (C=O) groups is 1. The van der Waals surface area contributed by atoms with Gasteiger partial charge in [-0.25, -0.2) is 0 Å². The molecule has 6 nitrogen and oxygen atoms in total. The Labute approximate surface area is 183 Å². The molecular formula is C23H33NO5S. The molecular weight excluding hydrogens is 402 g/mol. The lowest BCUT2D eigenvalue weighted by atomic mass is 9.92. The molecule has 166 valence electrons. The summed E-state index contributed by atoms with van der Waals surface area (Å²) < 4.78 is 5.35. The molecule has 0 heterocycles. The van der Waals surface area contributed by atoms with Gasteiger partial charge in [0.05, 0.1) is 43.8 Å². The van der Waals surface area contributed by atoms with Crippen LogP contribution in [0.5, 0.6) is 0 Å². The van der Waals surface area contributed by atoms with Gasteiger partial charge in [-0.15, -0.1) is 0 Å². The molecule has 0 aliphatic heterocycles. The van der Waals surface area contributed by atoms with Crippen LogP contribution in [0.2, 0.25) is 0 Å². The van der Waals surface area contributed by atoms with Crippen LogP contribution in [0.1, 0.15) is 68.6 Å². The number of nitrogens with zero attached hydrogens (tertiary/aromatic N) is 1. The number of carboxylic acid groups (broad SMARTS) is 1. The number of rotatable bonds is 13. The third-order valence-corrected chi connectivity index (χ3v) is 7.02. The van der Waals surface area contributed by atoms with Gasteiger partial charge in [0.25, 0.3) is 0 Å². The summed E-state index contributed by atoms with van der Waals surface area (Å²) in [6, 6.07) is 10.1. The van der Waals surface area contributed by atoms with Crippen molar-refractivity contribution in [1.29, 1.82) is 5.26 Å². The van der Waals surface area contributed by atoms with Crippen LogP contribution in [-0.4, -0.2) is 51.6 Å². The highest BCUT2D eigenvalue weighted by Crippen LogP contribution is 2.45. The van der Waals surface area contributed by atoms with Crippen molar-refractivity contribution in [3.05, 3.63) is 35.4 Å². The number of hydrogen-bond acceptors (Lipinski definition) is 6. The predicted octanol–water partition coefficient (Wildman–Crippen LogP) is 3.88. The molecule has 0 bridgehead atoms. The highest BCUT2D eigenvalue weighted by atomic mass is 32.2. The van der Waals surface area contributed by atoms with Crippen molar-refractivity contribution >= 4 is 17.7 Å². The summed E-state index contributed by atoms with van der Waals surface area (Å²) in [6.07, 6.45) is 3.34. The van der Waals surface area contributed by atoms with E-state index in [-0.39, 0.29) is 30.1 Å². The number of aliphatic hydroxyl groups is 2. The number of ether oxygens (including phenoxy) is 1. The molecule has 0 radical (unpaired) electrons. The molecule has 1 aromatic rings. The van der Waals surface area contributed by atoms with E-state index in [0.717, 1.165) is 36.8 Å². The van der Waals surface area contributed by atoms with Crippen molar-refractivity contribution in [2.45, 2.75) is 68.8 Å².